The van der Waals surface area contributed by atoms with Gasteiger partial charge in [0.2, 0.25) is 10.0 Å². The van der Waals surface area contributed by atoms with Crippen LogP contribution in [0.5, 0.6) is 0 Å². The van der Waals surface area contributed by atoms with E-state index in [1.54, 1.807) is 0 Å². The summed E-state index contributed by atoms with van der Waals surface area (Å²) in [5.74, 6) is -0.686. The maximum absolute atomic E-state index is 13.9. The van der Waals surface area contributed by atoms with Crippen LogP contribution in [0.25, 0.3) is 11.1 Å². The van der Waals surface area contributed by atoms with Crippen molar-refractivity contribution in [3.63, 3.8) is 0 Å². The minimum atomic E-state index is -4.90. The Morgan fingerprint density at radius 1 is 1.04 bits per heavy atom. The largest absolute Gasteiger partial charge is 0.417 e. The molecule has 1 aliphatic heterocycles. The third-order valence-corrected chi connectivity index (χ3v) is 6.00. The highest BCUT2D eigenvalue weighted by molar-refractivity contribution is 7.89. The standard InChI is InChI=1S/C18H18F4N2O2S/c19-16-4-2-1-3-14(16)12-5-6-17(15(11-12)18(20,21)22)27(25,26)24-13-7-9-23-10-8-13/h1-6,11,13,23-24H,7-10H2. The second kappa shape index (κ2) is 7.57. The van der Waals surface area contributed by atoms with E-state index < -0.39 is 38.5 Å². The number of sulfonamides is 1. The van der Waals surface area contributed by atoms with Crippen LogP contribution in [0.1, 0.15) is 18.4 Å². The lowest BCUT2D eigenvalue weighted by molar-refractivity contribution is -0.139. The number of piperidine rings is 1. The molecule has 0 aromatic heterocycles. The van der Waals surface area contributed by atoms with Crippen LogP contribution < -0.4 is 10.0 Å². The third kappa shape index (κ3) is 4.48. The van der Waals surface area contributed by atoms with Gasteiger partial charge in [-0.15, -0.1) is 0 Å². The zero-order valence-corrected chi connectivity index (χ0v) is 15.0. The third-order valence-electron chi connectivity index (χ3n) is 4.42. The monoisotopic (exact) mass is 402 g/mol. The minimum Gasteiger partial charge on any atom is -0.317 e. The van der Waals surface area contributed by atoms with E-state index in [0.29, 0.717) is 32.0 Å². The molecule has 1 saturated heterocycles. The lowest BCUT2D eigenvalue weighted by atomic mass is 10.0. The Morgan fingerprint density at radius 2 is 1.70 bits per heavy atom. The first-order valence-corrected chi connectivity index (χ1v) is 9.86. The highest BCUT2D eigenvalue weighted by atomic mass is 32.2. The molecular formula is C18H18F4N2O2S. The molecule has 2 N–H and O–H groups in total. The van der Waals surface area contributed by atoms with Crippen molar-refractivity contribution in [3.8, 4) is 11.1 Å². The molecule has 1 heterocycles. The summed E-state index contributed by atoms with van der Waals surface area (Å²) in [6, 6.07) is 7.70. The van der Waals surface area contributed by atoms with Gasteiger partial charge in [0.25, 0.3) is 0 Å². The van der Waals surface area contributed by atoms with Crippen LogP contribution in [-0.2, 0) is 16.2 Å². The second-order valence-electron chi connectivity index (χ2n) is 6.33. The molecule has 1 aliphatic rings. The Bertz CT molecular complexity index is 923. The predicted molar refractivity (Wildman–Crippen MR) is 93.1 cm³/mol. The number of benzene rings is 2. The van der Waals surface area contributed by atoms with Gasteiger partial charge in [0.15, 0.2) is 0 Å². The molecule has 0 aliphatic carbocycles. The van der Waals surface area contributed by atoms with Gasteiger partial charge in [0, 0.05) is 11.6 Å². The average molecular weight is 402 g/mol. The molecule has 3 rings (SSSR count). The number of nitrogens with one attached hydrogen (secondary N) is 2. The van der Waals surface area contributed by atoms with Crippen LogP contribution in [0.2, 0.25) is 0 Å². The van der Waals surface area contributed by atoms with E-state index in [2.05, 4.69) is 10.0 Å². The van der Waals surface area contributed by atoms with Crippen molar-refractivity contribution in [1.29, 1.82) is 0 Å². The first-order valence-electron chi connectivity index (χ1n) is 8.38. The van der Waals surface area contributed by atoms with Gasteiger partial charge in [0.1, 0.15) is 5.82 Å². The summed E-state index contributed by atoms with van der Waals surface area (Å²) >= 11 is 0. The van der Waals surface area contributed by atoms with Gasteiger partial charge >= 0.3 is 6.18 Å². The fourth-order valence-electron chi connectivity index (χ4n) is 3.07. The lowest BCUT2D eigenvalue weighted by Crippen LogP contribution is -2.43. The number of hydrogen-bond acceptors (Lipinski definition) is 3. The van der Waals surface area contributed by atoms with Crippen molar-refractivity contribution >= 4 is 10.0 Å². The SMILES string of the molecule is O=S(=O)(NC1CCNCC1)c1ccc(-c2ccccc2F)cc1C(F)(F)F. The smallest absolute Gasteiger partial charge is 0.317 e. The Morgan fingerprint density at radius 3 is 2.33 bits per heavy atom. The quantitative estimate of drug-likeness (QED) is 0.770. The Labute approximate surface area is 154 Å². The fourth-order valence-corrected chi connectivity index (χ4v) is 4.58. The van der Waals surface area contributed by atoms with Crippen molar-refractivity contribution in [1.82, 2.24) is 10.0 Å². The van der Waals surface area contributed by atoms with Crippen LogP contribution >= 0.6 is 0 Å². The van der Waals surface area contributed by atoms with Gasteiger partial charge < -0.3 is 5.32 Å². The molecule has 0 atom stereocenters. The second-order valence-corrected chi connectivity index (χ2v) is 8.02. The molecule has 0 unspecified atom stereocenters. The van der Waals surface area contributed by atoms with Gasteiger partial charge in [-0.05, 0) is 49.7 Å². The van der Waals surface area contributed by atoms with E-state index in [1.165, 1.54) is 24.3 Å². The van der Waals surface area contributed by atoms with Gasteiger partial charge in [0.05, 0.1) is 10.5 Å². The van der Waals surface area contributed by atoms with E-state index in [4.69, 9.17) is 0 Å². The molecule has 2 aromatic carbocycles. The number of alkyl halides is 3. The van der Waals surface area contributed by atoms with E-state index in [9.17, 15) is 26.0 Å². The Balaban J connectivity index is 2.03. The van der Waals surface area contributed by atoms with E-state index in [1.807, 2.05) is 0 Å². The van der Waals surface area contributed by atoms with E-state index in [-0.39, 0.29) is 11.1 Å². The molecule has 9 heteroatoms. The molecule has 0 bridgehead atoms. The molecule has 0 radical (unpaired) electrons. The van der Waals surface area contributed by atoms with Crippen molar-refractivity contribution in [2.75, 3.05) is 13.1 Å². The lowest BCUT2D eigenvalue weighted by Gasteiger charge is -2.24. The van der Waals surface area contributed by atoms with Gasteiger partial charge in [-0.3, -0.25) is 0 Å². The van der Waals surface area contributed by atoms with Crippen LogP contribution in [0.15, 0.2) is 47.4 Å². The van der Waals surface area contributed by atoms with Crippen LogP contribution in [0.3, 0.4) is 0 Å². The summed E-state index contributed by atoms with van der Waals surface area (Å²) in [6.45, 7) is 1.18. The van der Waals surface area contributed by atoms with Crippen molar-refractivity contribution in [3.05, 3.63) is 53.8 Å². The first kappa shape index (κ1) is 19.8. The maximum atomic E-state index is 13.9. The zero-order chi connectivity index (χ0) is 19.7. The number of rotatable bonds is 4. The van der Waals surface area contributed by atoms with Crippen LogP contribution in [0.4, 0.5) is 17.6 Å². The summed E-state index contributed by atoms with van der Waals surface area (Å²) in [7, 11) is -4.37. The van der Waals surface area contributed by atoms with Gasteiger partial charge in [-0.1, -0.05) is 24.3 Å². The summed E-state index contributed by atoms with van der Waals surface area (Å²) < 4.78 is 82.1. The van der Waals surface area contributed by atoms with E-state index >= 15 is 0 Å². The summed E-state index contributed by atoms with van der Waals surface area (Å²) in [5, 5.41) is 3.06. The Kier molecular flexibility index (Phi) is 5.55. The average Bonchev–Trinajstić information content (AvgIpc) is 2.61. The molecule has 0 saturated carbocycles. The predicted octanol–water partition coefficient (Wildman–Crippen LogP) is 3.54. The first-order chi connectivity index (χ1) is 12.7. The molecular weight excluding hydrogens is 384 g/mol. The molecule has 27 heavy (non-hydrogen) atoms. The highest BCUT2D eigenvalue weighted by Gasteiger charge is 2.38. The van der Waals surface area contributed by atoms with Crippen molar-refractivity contribution < 1.29 is 26.0 Å². The summed E-state index contributed by atoms with van der Waals surface area (Å²) in [6.07, 6.45) is -3.92. The number of halogens is 4. The highest BCUT2D eigenvalue weighted by Crippen LogP contribution is 2.37. The maximum Gasteiger partial charge on any atom is 0.417 e. The normalized spacial score (nSPS) is 16.4. The fraction of sp³-hybridized carbons (Fsp3) is 0.333. The molecule has 4 nitrogen and oxygen atoms in total. The zero-order valence-electron chi connectivity index (χ0n) is 14.2. The van der Waals surface area contributed by atoms with E-state index in [0.717, 1.165) is 12.1 Å². The Hall–Kier alpha value is -1.97. The van der Waals surface area contributed by atoms with Crippen LogP contribution in [-0.4, -0.2) is 27.5 Å². The number of hydrogen-bond donors (Lipinski definition) is 2. The molecule has 0 spiro atoms. The minimum absolute atomic E-state index is 0.0294. The molecule has 0 amide bonds. The van der Waals surface area contributed by atoms with Crippen molar-refractivity contribution in [2.45, 2.75) is 30.0 Å². The van der Waals surface area contributed by atoms with Crippen LogP contribution in [0, 0.1) is 5.82 Å². The van der Waals surface area contributed by atoms with Gasteiger partial charge in [-0.25, -0.2) is 17.5 Å². The van der Waals surface area contributed by atoms with Gasteiger partial charge in [-0.2, -0.15) is 13.2 Å². The molecule has 1 fully saturated rings. The molecule has 2 aromatic rings. The summed E-state index contributed by atoms with van der Waals surface area (Å²) in [5.41, 5.74) is -1.39. The summed E-state index contributed by atoms with van der Waals surface area (Å²) in [4.78, 5) is -0.853. The molecule has 146 valence electrons. The topological polar surface area (TPSA) is 58.2 Å². The van der Waals surface area contributed by atoms with Crippen molar-refractivity contribution in [2.24, 2.45) is 0 Å².